The highest BCUT2D eigenvalue weighted by Crippen LogP contribution is 2.21. The predicted molar refractivity (Wildman–Crippen MR) is 66.9 cm³/mol. The zero-order valence-corrected chi connectivity index (χ0v) is 11.6. The Morgan fingerprint density at radius 3 is 2.71 bits per heavy atom. The fraction of sp³-hybridized carbons (Fsp3) is 1.00. The van der Waals surface area contributed by atoms with E-state index in [0.717, 1.165) is 6.54 Å². The molecule has 6 heteroatoms. The summed E-state index contributed by atoms with van der Waals surface area (Å²) in [5.41, 5.74) is 0. The van der Waals surface area contributed by atoms with E-state index in [4.69, 9.17) is 9.47 Å². The molecule has 1 saturated heterocycles. The Morgan fingerprint density at radius 1 is 1.53 bits per heavy atom. The second-order valence-electron chi connectivity index (χ2n) is 4.44. The van der Waals surface area contributed by atoms with Crippen molar-refractivity contribution >= 4 is 9.84 Å². The molecule has 1 rings (SSSR count). The van der Waals surface area contributed by atoms with Crippen molar-refractivity contribution in [2.75, 3.05) is 32.6 Å². The molecule has 0 aromatic carbocycles. The first-order chi connectivity index (χ1) is 8.01. The number of sulfone groups is 1. The smallest absolute Gasteiger partial charge is 0.157 e. The van der Waals surface area contributed by atoms with Gasteiger partial charge in [-0.3, -0.25) is 0 Å². The molecule has 102 valence electrons. The van der Waals surface area contributed by atoms with Gasteiger partial charge in [0.2, 0.25) is 0 Å². The Kier molecular flexibility index (Phi) is 5.85. The Bertz CT molecular complexity index is 311. The lowest BCUT2D eigenvalue weighted by Crippen LogP contribution is -2.43. The Morgan fingerprint density at radius 2 is 2.24 bits per heavy atom. The molecule has 1 fully saturated rings. The lowest BCUT2D eigenvalue weighted by Gasteiger charge is -2.21. The number of hydrogen-bond donors (Lipinski definition) is 1. The second kappa shape index (κ2) is 6.68. The molecule has 0 aromatic heterocycles. The minimum atomic E-state index is -3.12. The standard InChI is InChI=1S/C11H23NO4S/c1-4-12-10(7-15-3)8-17(13,14)11-5-6-16-9(11)2/h9-12H,4-8H2,1-3H3. The summed E-state index contributed by atoms with van der Waals surface area (Å²) >= 11 is 0. The minimum absolute atomic E-state index is 0.118. The van der Waals surface area contributed by atoms with Crippen LogP contribution < -0.4 is 5.32 Å². The molecule has 1 heterocycles. The summed E-state index contributed by atoms with van der Waals surface area (Å²) < 4.78 is 34.8. The first-order valence-corrected chi connectivity index (χ1v) is 7.78. The summed E-state index contributed by atoms with van der Waals surface area (Å²) in [6.07, 6.45) is 0.416. The van der Waals surface area contributed by atoms with Crippen LogP contribution in [-0.4, -0.2) is 58.4 Å². The van der Waals surface area contributed by atoms with E-state index in [9.17, 15) is 8.42 Å². The fourth-order valence-corrected chi connectivity index (χ4v) is 4.38. The molecule has 0 saturated carbocycles. The van der Waals surface area contributed by atoms with Crippen LogP contribution in [0.2, 0.25) is 0 Å². The molecule has 0 radical (unpaired) electrons. The topological polar surface area (TPSA) is 64.6 Å². The molecule has 0 amide bonds. The van der Waals surface area contributed by atoms with E-state index in [1.165, 1.54) is 0 Å². The summed E-state index contributed by atoms with van der Waals surface area (Å²) in [4.78, 5) is 0. The molecule has 0 bridgehead atoms. The number of nitrogens with one attached hydrogen (secondary N) is 1. The van der Waals surface area contributed by atoms with E-state index < -0.39 is 9.84 Å². The molecular weight excluding hydrogens is 242 g/mol. The average molecular weight is 265 g/mol. The van der Waals surface area contributed by atoms with Gasteiger partial charge in [-0.05, 0) is 19.9 Å². The molecule has 3 unspecified atom stereocenters. The van der Waals surface area contributed by atoms with Crippen molar-refractivity contribution < 1.29 is 17.9 Å². The van der Waals surface area contributed by atoms with Gasteiger partial charge in [-0.15, -0.1) is 0 Å². The van der Waals surface area contributed by atoms with Gasteiger partial charge in [0.15, 0.2) is 9.84 Å². The normalized spacial score (nSPS) is 27.2. The van der Waals surface area contributed by atoms with Crippen LogP contribution in [0.5, 0.6) is 0 Å². The van der Waals surface area contributed by atoms with Gasteiger partial charge in [0.1, 0.15) is 0 Å². The van der Waals surface area contributed by atoms with Crippen LogP contribution in [0.4, 0.5) is 0 Å². The number of methoxy groups -OCH3 is 1. The number of likely N-dealkylation sites (N-methyl/N-ethyl adjacent to an activating group) is 1. The Balaban J connectivity index is 2.63. The molecule has 1 N–H and O–H groups in total. The molecule has 3 atom stereocenters. The van der Waals surface area contributed by atoms with Crippen LogP contribution in [0, 0.1) is 0 Å². The van der Waals surface area contributed by atoms with Gasteiger partial charge in [0, 0.05) is 19.8 Å². The lowest BCUT2D eigenvalue weighted by atomic mass is 10.3. The van der Waals surface area contributed by atoms with Gasteiger partial charge in [-0.25, -0.2) is 8.42 Å². The van der Waals surface area contributed by atoms with Crippen molar-refractivity contribution in [3.8, 4) is 0 Å². The number of ether oxygens (including phenoxy) is 2. The third-order valence-electron chi connectivity index (χ3n) is 3.06. The average Bonchev–Trinajstić information content (AvgIpc) is 2.65. The maximum absolute atomic E-state index is 12.2. The van der Waals surface area contributed by atoms with Gasteiger partial charge < -0.3 is 14.8 Å². The highest BCUT2D eigenvalue weighted by atomic mass is 32.2. The van der Waals surface area contributed by atoms with Crippen molar-refractivity contribution in [3.63, 3.8) is 0 Å². The molecule has 1 aliphatic rings. The SMILES string of the molecule is CCNC(COC)CS(=O)(=O)C1CCOC1C. The third-order valence-corrected chi connectivity index (χ3v) is 5.47. The zero-order valence-electron chi connectivity index (χ0n) is 10.8. The maximum atomic E-state index is 12.2. The van der Waals surface area contributed by atoms with Crippen molar-refractivity contribution in [3.05, 3.63) is 0 Å². The number of hydrogen-bond acceptors (Lipinski definition) is 5. The van der Waals surface area contributed by atoms with Gasteiger partial charge in [0.25, 0.3) is 0 Å². The molecule has 5 nitrogen and oxygen atoms in total. The van der Waals surface area contributed by atoms with Crippen molar-refractivity contribution in [2.45, 2.75) is 37.7 Å². The highest BCUT2D eigenvalue weighted by Gasteiger charge is 2.36. The van der Waals surface area contributed by atoms with Gasteiger partial charge in [0.05, 0.1) is 23.7 Å². The summed E-state index contributed by atoms with van der Waals surface area (Å²) in [5, 5.41) is 2.77. The van der Waals surface area contributed by atoms with Gasteiger partial charge in [-0.1, -0.05) is 6.92 Å². The summed E-state index contributed by atoms with van der Waals surface area (Å²) in [6.45, 7) is 5.47. The molecule has 0 aromatic rings. The van der Waals surface area contributed by atoms with E-state index >= 15 is 0 Å². The third kappa shape index (κ3) is 4.21. The summed E-state index contributed by atoms with van der Waals surface area (Å²) in [7, 11) is -1.54. The van der Waals surface area contributed by atoms with E-state index in [0.29, 0.717) is 19.6 Å². The van der Waals surface area contributed by atoms with Gasteiger partial charge >= 0.3 is 0 Å². The largest absolute Gasteiger partial charge is 0.383 e. The summed E-state index contributed by atoms with van der Waals surface area (Å²) in [5.74, 6) is 0.118. The van der Waals surface area contributed by atoms with Crippen molar-refractivity contribution in [1.29, 1.82) is 0 Å². The van der Waals surface area contributed by atoms with Crippen molar-refractivity contribution in [2.24, 2.45) is 0 Å². The monoisotopic (exact) mass is 265 g/mol. The van der Waals surface area contributed by atoms with Crippen LogP contribution in [0.15, 0.2) is 0 Å². The van der Waals surface area contributed by atoms with Crippen molar-refractivity contribution in [1.82, 2.24) is 5.32 Å². The molecule has 0 aliphatic carbocycles. The molecule has 0 spiro atoms. The Hall–Kier alpha value is -0.170. The first-order valence-electron chi connectivity index (χ1n) is 6.06. The van der Waals surface area contributed by atoms with Crippen LogP contribution in [0.25, 0.3) is 0 Å². The highest BCUT2D eigenvalue weighted by molar-refractivity contribution is 7.92. The van der Waals surface area contributed by atoms with E-state index in [1.54, 1.807) is 7.11 Å². The van der Waals surface area contributed by atoms with Gasteiger partial charge in [-0.2, -0.15) is 0 Å². The van der Waals surface area contributed by atoms with Crippen LogP contribution in [0.1, 0.15) is 20.3 Å². The maximum Gasteiger partial charge on any atom is 0.157 e. The van der Waals surface area contributed by atoms with Crippen LogP contribution >= 0.6 is 0 Å². The van der Waals surface area contributed by atoms with E-state index in [1.807, 2.05) is 13.8 Å². The Labute approximate surface area is 104 Å². The second-order valence-corrected chi connectivity index (χ2v) is 6.71. The first kappa shape index (κ1) is 14.9. The zero-order chi connectivity index (χ0) is 12.9. The van der Waals surface area contributed by atoms with E-state index in [2.05, 4.69) is 5.32 Å². The minimum Gasteiger partial charge on any atom is -0.383 e. The molecule has 17 heavy (non-hydrogen) atoms. The van der Waals surface area contributed by atoms with E-state index in [-0.39, 0.29) is 23.1 Å². The predicted octanol–water partition coefficient (Wildman–Crippen LogP) is 0.203. The lowest BCUT2D eigenvalue weighted by molar-refractivity contribution is 0.126. The molecular formula is C11H23NO4S. The molecule has 1 aliphatic heterocycles. The fourth-order valence-electron chi connectivity index (χ4n) is 2.24. The quantitative estimate of drug-likeness (QED) is 0.712. The number of rotatable bonds is 7. The van der Waals surface area contributed by atoms with Crippen LogP contribution in [0.3, 0.4) is 0 Å². The summed E-state index contributed by atoms with van der Waals surface area (Å²) in [6, 6.07) is -0.136. The van der Waals surface area contributed by atoms with Crippen LogP contribution in [-0.2, 0) is 19.3 Å².